The number of fused-ring (bicyclic) bond motifs is 1. The monoisotopic (exact) mass is 368 g/mol. The number of hydrogen-bond donors (Lipinski definition) is 0. The quantitative estimate of drug-likeness (QED) is 0.668. The van der Waals surface area contributed by atoms with Crippen molar-refractivity contribution >= 4 is 5.91 Å². The second-order valence-corrected chi connectivity index (χ2v) is 6.60. The first kappa shape index (κ1) is 17.2. The summed E-state index contributed by atoms with van der Waals surface area (Å²) in [5, 5.41) is 8.30. The molecule has 9 nitrogen and oxygen atoms in total. The van der Waals surface area contributed by atoms with Crippen molar-refractivity contribution < 1.29 is 14.1 Å². The molecule has 3 aromatic heterocycles. The number of aromatic nitrogens is 5. The lowest BCUT2D eigenvalue weighted by Gasteiger charge is -2.31. The zero-order valence-corrected chi connectivity index (χ0v) is 15.2. The van der Waals surface area contributed by atoms with Gasteiger partial charge in [-0.1, -0.05) is 5.16 Å². The molecule has 0 fully saturated rings. The molecule has 0 radical (unpaired) electrons. The SMILES string of the molecule is Cc1noc(CC(=O)N2Cc3cn(C)nc3[C@H](COc3cccnc3)C2)n1. The highest BCUT2D eigenvalue weighted by Gasteiger charge is 2.32. The third-order valence-electron chi connectivity index (χ3n) is 4.44. The summed E-state index contributed by atoms with van der Waals surface area (Å²) in [4.78, 5) is 22.7. The summed E-state index contributed by atoms with van der Waals surface area (Å²) >= 11 is 0. The van der Waals surface area contributed by atoms with E-state index in [-0.39, 0.29) is 18.2 Å². The van der Waals surface area contributed by atoms with Crippen LogP contribution in [-0.4, -0.2) is 48.9 Å². The van der Waals surface area contributed by atoms with Crippen molar-refractivity contribution in [3.8, 4) is 5.75 Å². The Labute approximate surface area is 156 Å². The number of amides is 1. The number of hydrogen-bond acceptors (Lipinski definition) is 7. The van der Waals surface area contributed by atoms with E-state index in [0.717, 1.165) is 11.3 Å². The van der Waals surface area contributed by atoms with E-state index in [1.165, 1.54) is 0 Å². The molecule has 1 atom stereocenters. The van der Waals surface area contributed by atoms with Crippen molar-refractivity contribution in [3.05, 3.63) is 53.7 Å². The van der Waals surface area contributed by atoms with Crippen molar-refractivity contribution in [2.75, 3.05) is 13.2 Å². The largest absolute Gasteiger partial charge is 0.491 e. The third-order valence-corrected chi connectivity index (χ3v) is 4.44. The lowest BCUT2D eigenvalue weighted by molar-refractivity contribution is -0.132. The summed E-state index contributed by atoms with van der Waals surface area (Å²) in [5.74, 6) is 1.47. The Kier molecular flexibility index (Phi) is 4.57. The van der Waals surface area contributed by atoms with Crippen molar-refractivity contribution in [2.24, 2.45) is 7.05 Å². The van der Waals surface area contributed by atoms with Gasteiger partial charge < -0.3 is 14.2 Å². The Morgan fingerprint density at radius 1 is 1.44 bits per heavy atom. The van der Waals surface area contributed by atoms with Gasteiger partial charge in [0, 0.05) is 38.1 Å². The minimum atomic E-state index is -0.0560. The van der Waals surface area contributed by atoms with Crippen LogP contribution in [0.3, 0.4) is 0 Å². The highest BCUT2D eigenvalue weighted by Crippen LogP contribution is 2.28. The predicted molar refractivity (Wildman–Crippen MR) is 93.8 cm³/mol. The van der Waals surface area contributed by atoms with E-state index in [9.17, 15) is 4.79 Å². The Bertz CT molecular complexity index is 936. The van der Waals surface area contributed by atoms with E-state index in [1.54, 1.807) is 28.9 Å². The van der Waals surface area contributed by atoms with Crippen molar-refractivity contribution in [2.45, 2.75) is 25.8 Å². The molecule has 0 aliphatic carbocycles. The van der Waals surface area contributed by atoms with Gasteiger partial charge in [0.25, 0.3) is 0 Å². The summed E-state index contributed by atoms with van der Waals surface area (Å²) in [6.45, 7) is 3.18. The number of rotatable bonds is 5. The molecular formula is C18H20N6O3. The second-order valence-electron chi connectivity index (χ2n) is 6.60. The molecule has 4 heterocycles. The fourth-order valence-electron chi connectivity index (χ4n) is 3.25. The Morgan fingerprint density at radius 2 is 2.33 bits per heavy atom. The highest BCUT2D eigenvalue weighted by atomic mass is 16.5. The average Bonchev–Trinajstić information content (AvgIpc) is 3.24. The minimum Gasteiger partial charge on any atom is -0.491 e. The normalized spacial score (nSPS) is 16.2. The van der Waals surface area contributed by atoms with E-state index < -0.39 is 0 Å². The van der Waals surface area contributed by atoms with Gasteiger partial charge in [0.15, 0.2) is 5.82 Å². The molecule has 9 heteroatoms. The van der Waals surface area contributed by atoms with Gasteiger partial charge in [-0.15, -0.1) is 0 Å². The zero-order valence-electron chi connectivity index (χ0n) is 15.2. The molecule has 4 rings (SSSR count). The summed E-state index contributed by atoms with van der Waals surface area (Å²) in [6, 6.07) is 3.68. The molecular weight excluding hydrogens is 348 g/mol. The summed E-state index contributed by atoms with van der Waals surface area (Å²) in [6.07, 6.45) is 5.41. The molecule has 1 aliphatic rings. The Hall–Kier alpha value is -3.23. The lowest BCUT2D eigenvalue weighted by Crippen LogP contribution is -2.40. The van der Waals surface area contributed by atoms with Gasteiger partial charge in [-0.25, -0.2) is 0 Å². The van der Waals surface area contributed by atoms with Gasteiger partial charge in [-0.05, 0) is 19.1 Å². The molecule has 3 aromatic rings. The molecule has 1 aliphatic heterocycles. The molecule has 0 unspecified atom stereocenters. The average molecular weight is 368 g/mol. The second kappa shape index (κ2) is 7.18. The van der Waals surface area contributed by atoms with Crippen LogP contribution in [0.4, 0.5) is 0 Å². The summed E-state index contributed by atoms with van der Waals surface area (Å²) < 4.78 is 12.7. The summed E-state index contributed by atoms with van der Waals surface area (Å²) in [7, 11) is 1.88. The van der Waals surface area contributed by atoms with E-state index in [2.05, 4.69) is 20.2 Å². The Balaban J connectivity index is 1.49. The summed E-state index contributed by atoms with van der Waals surface area (Å²) in [5.41, 5.74) is 2.00. The molecule has 0 spiro atoms. The van der Waals surface area contributed by atoms with E-state index in [4.69, 9.17) is 9.26 Å². The number of carbonyl (C=O) groups excluding carboxylic acids is 1. The third kappa shape index (κ3) is 3.81. The highest BCUT2D eigenvalue weighted by molar-refractivity contribution is 5.78. The van der Waals surface area contributed by atoms with Gasteiger partial charge in [-0.3, -0.25) is 14.5 Å². The smallest absolute Gasteiger partial charge is 0.236 e. The number of aryl methyl sites for hydroxylation is 2. The van der Waals surface area contributed by atoms with Crippen LogP contribution in [0.2, 0.25) is 0 Å². The molecule has 0 saturated heterocycles. The number of carbonyl (C=O) groups is 1. The first-order valence-corrected chi connectivity index (χ1v) is 8.70. The van der Waals surface area contributed by atoms with Crippen LogP contribution in [0.1, 0.15) is 28.9 Å². The van der Waals surface area contributed by atoms with Crippen LogP contribution in [0.15, 0.2) is 35.2 Å². The molecule has 140 valence electrons. The first-order valence-electron chi connectivity index (χ1n) is 8.70. The maximum absolute atomic E-state index is 12.7. The van der Waals surface area contributed by atoms with Crippen LogP contribution in [-0.2, 0) is 24.8 Å². The molecule has 0 bridgehead atoms. The van der Waals surface area contributed by atoms with Crippen molar-refractivity contribution in [3.63, 3.8) is 0 Å². The molecule has 27 heavy (non-hydrogen) atoms. The zero-order chi connectivity index (χ0) is 18.8. The van der Waals surface area contributed by atoms with Crippen molar-refractivity contribution in [1.29, 1.82) is 0 Å². The van der Waals surface area contributed by atoms with Gasteiger partial charge in [-0.2, -0.15) is 10.1 Å². The number of ether oxygens (including phenoxy) is 1. The first-order chi connectivity index (χ1) is 13.1. The van der Waals surface area contributed by atoms with E-state index in [0.29, 0.717) is 37.2 Å². The topological polar surface area (TPSA) is 99.2 Å². The molecule has 1 amide bonds. The van der Waals surface area contributed by atoms with Gasteiger partial charge >= 0.3 is 0 Å². The maximum atomic E-state index is 12.7. The van der Waals surface area contributed by atoms with E-state index >= 15 is 0 Å². The van der Waals surface area contributed by atoms with Crippen LogP contribution in [0.5, 0.6) is 5.75 Å². The van der Waals surface area contributed by atoms with E-state index in [1.807, 2.05) is 25.4 Å². The number of pyridine rings is 1. The molecule has 0 N–H and O–H groups in total. The molecule has 0 saturated carbocycles. The van der Waals surface area contributed by atoms with Gasteiger partial charge in [0.1, 0.15) is 12.2 Å². The fourth-order valence-corrected chi connectivity index (χ4v) is 3.25. The minimum absolute atomic E-state index is 0.0245. The fraction of sp³-hybridized carbons (Fsp3) is 0.389. The van der Waals surface area contributed by atoms with Crippen LogP contribution < -0.4 is 4.74 Å². The van der Waals surface area contributed by atoms with Gasteiger partial charge in [0.05, 0.1) is 24.4 Å². The standard InChI is InChI=1S/C18H20N6O3/c1-12-20-16(27-22-12)6-17(25)24-9-13-8-23(2)21-18(13)14(10-24)11-26-15-4-3-5-19-7-15/h3-5,7-8,14H,6,9-11H2,1-2H3/t14-/m0/s1. The number of nitrogens with zero attached hydrogens (tertiary/aromatic N) is 6. The van der Waals surface area contributed by atoms with Crippen molar-refractivity contribution in [1.82, 2.24) is 29.8 Å². The lowest BCUT2D eigenvalue weighted by atomic mass is 9.97. The van der Waals surface area contributed by atoms with Crippen LogP contribution >= 0.6 is 0 Å². The molecule has 0 aromatic carbocycles. The predicted octanol–water partition coefficient (Wildman–Crippen LogP) is 1.25. The van der Waals surface area contributed by atoms with Crippen LogP contribution in [0.25, 0.3) is 0 Å². The Morgan fingerprint density at radius 3 is 3.07 bits per heavy atom. The van der Waals surface area contributed by atoms with Gasteiger partial charge in [0.2, 0.25) is 11.8 Å². The maximum Gasteiger partial charge on any atom is 0.236 e. The van der Waals surface area contributed by atoms with Crippen LogP contribution in [0, 0.1) is 6.92 Å².